The van der Waals surface area contributed by atoms with E-state index in [1.807, 2.05) is 18.2 Å². The van der Waals surface area contributed by atoms with Crippen LogP contribution in [0.15, 0.2) is 35.2 Å². The van der Waals surface area contributed by atoms with Crippen molar-refractivity contribution in [3.63, 3.8) is 0 Å². The molecule has 0 aliphatic carbocycles. The zero-order chi connectivity index (χ0) is 21.8. The van der Waals surface area contributed by atoms with E-state index in [4.69, 9.17) is 4.74 Å². The van der Waals surface area contributed by atoms with Crippen molar-refractivity contribution in [1.82, 2.24) is 0 Å². The molecule has 1 N–H and O–H groups in total. The Morgan fingerprint density at radius 2 is 1.33 bits per heavy atom. The number of unbranched alkanes of at least 4 members (excludes halogenated alkanes) is 11. The first-order chi connectivity index (χ1) is 14.5. The van der Waals surface area contributed by atoms with E-state index in [9.17, 15) is 13.0 Å². The van der Waals surface area contributed by atoms with E-state index in [2.05, 4.69) is 6.92 Å². The smallest absolute Gasteiger partial charge is 0.294 e. The predicted octanol–water partition coefficient (Wildman–Crippen LogP) is 7.34. The van der Waals surface area contributed by atoms with Gasteiger partial charge in [0.15, 0.2) is 0 Å². The molecule has 0 spiro atoms. The Kier molecular flexibility index (Phi) is 10.7. The Morgan fingerprint density at radius 1 is 0.767 bits per heavy atom. The predicted molar refractivity (Wildman–Crippen MR) is 125 cm³/mol. The van der Waals surface area contributed by atoms with Crippen LogP contribution in [0.25, 0.3) is 10.8 Å². The van der Waals surface area contributed by atoms with Crippen LogP contribution in [0.4, 0.5) is 0 Å². The highest BCUT2D eigenvalue weighted by molar-refractivity contribution is 7.85. The van der Waals surface area contributed by atoms with Gasteiger partial charge in [-0.05, 0) is 42.0 Å². The van der Waals surface area contributed by atoms with Gasteiger partial charge < -0.3 is 4.74 Å². The Hall–Kier alpha value is -1.59. The minimum absolute atomic E-state index is 0.0197. The van der Waals surface area contributed by atoms with Crippen LogP contribution in [0.2, 0.25) is 0 Å². The molecule has 30 heavy (non-hydrogen) atoms. The van der Waals surface area contributed by atoms with E-state index in [-0.39, 0.29) is 4.90 Å². The molecule has 0 atom stereocenters. The molecule has 0 saturated heterocycles. The van der Waals surface area contributed by atoms with E-state index in [0.29, 0.717) is 17.7 Å². The number of methoxy groups -OCH3 is 1. The Balaban J connectivity index is 1.84. The Bertz CT molecular complexity index is 874. The summed E-state index contributed by atoms with van der Waals surface area (Å²) in [6.07, 6.45) is 15.8. The van der Waals surface area contributed by atoms with Gasteiger partial charge in [0.05, 0.1) is 12.0 Å². The minimum Gasteiger partial charge on any atom is -0.496 e. The summed E-state index contributed by atoms with van der Waals surface area (Å²) < 4.78 is 38.9. The van der Waals surface area contributed by atoms with Gasteiger partial charge in [-0.1, -0.05) is 89.7 Å². The highest BCUT2D eigenvalue weighted by atomic mass is 32.2. The lowest BCUT2D eigenvalue weighted by molar-refractivity contribution is 0.419. The van der Waals surface area contributed by atoms with Gasteiger partial charge >= 0.3 is 0 Å². The highest BCUT2D eigenvalue weighted by Crippen LogP contribution is 2.32. The van der Waals surface area contributed by atoms with Crippen molar-refractivity contribution in [2.75, 3.05) is 7.11 Å². The van der Waals surface area contributed by atoms with Crippen molar-refractivity contribution in [1.29, 1.82) is 0 Å². The van der Waals surface area contributed by atoms with Crippen LogP contribution in [-0.4, -0.2) is 20.1 Å². The monoisotopic (exact) mass is 434 g/mol. The van der Waals surface area contributed by atoms with E-state index < -0.39 is 10.1 Å². The number of aryl methyl sites for hydroxylation is 1. The van der Waals surface area contributed by atoms with E-state index in [1.54, 1.807) is 13.2 Å². The zero-order valence-electron chi connectivity index (χ0n) is 18.7. The fraction of sp³-hybridized carbons (Fsp3) is 0.600. The largest absolute Gasteiger partial charge is 0.496 e. The van der Waals surface area contributed by atoms with Crippen LogP contribution in [0, 0.1) is 0 Å². The summed E-state index contributed by atoms with van der Waals surface area (Å²) in [5.74, 6) is 0.713. The molecule has 0 bridgehead atoms. The molecule has 0 unspecified atom stereocenters. The molecule has 0 aliphatic heterocycles. The molecule has 0 radical (unpaired) electrons. The van der Waals surface area contributed by atoms with Crippen LogP contribution in [0.1, 0.15) is 89.5 Å². The first kappa shape index (κ1) is 24.7. The maximum absolute atomic E-state index is 11.9. The summed E-state index contributed by atoms with van der Waals surface area (Å²) in [6.45, 7) is 2.25. The van der Waals surface area contributed by atoms with Crippen molar-refractivity contribution < 1.29 is 17.7 Å². The first-order valence-corrected chi connectivity index (χ1v) is 13.0. The second kappa shape index (κ2) is 13.0. The fourth-order valence-corrected chi connectivity index (χ4v) is 4.96. The van der Waals surface area contributed by atoms with E-state index in [0.717, 1.165) is 23.6 Å². The van der Waals surface area contributed by atoms with Gasteiger partial charge in [0.25, 0.3) is 10.1 Å². The topological polar surface area (TPSA) is 63.6 Å². The molecule has 0 aliphatic rings. The van der Waals surface area contributed by atoms with Crippen molar-refractivity contribution >= 4 is 20.9 Å². The van der Waals surface area contributed by atoms with Gasteiger partial charge in [-0.15, -0.1) is 0 Å². The van der Waals surface area contributed by atoms with Crippen molar-refractivity contribution in [2.45, 2.75) is 95.3 Å². The van der Waals surface area contributed by atoms with Crippen molar-refractivity contribution in [3.05, 3.63) is 35.9 Å². The second-order valence-electron chi connectivity index (χ2n) is 8.21. The SMILES string of the molecule is CCCCCCCCCCCCCCc1c(S(=O)(=O)O)ccc2c(OC)cccc12. The molecular formula is C25H38O4S. The van der Waals surface area contributed by atoms with Gasteiger partial charge in [0.1, 0.15) is 5.75 Å². The molecule has 5 heteroatoms. The third-order valence-electron chi connectivity index (χ3n) is 5.87. The molecule has 2 aromatic carbocycles. The van der Waals surface area contributed by atoms with Gasteiger partial charge in [0.2, 0.25) is 0 Å². The van der Waals surface area contributed by atoms with Crippen LogP contribution in [0.3, 0.4) is 0 Å². The first-order valence-electron chi connectivity index (χ1n) is 11.5. The van der Waals surface area contributed by atoms with Crippen molar-refractivity contribution in [3.8, 4) is 5.75 Å². The fourth-order valence-electron chi connectivity index (χ4n) is 4.19. The molecule has 0 aromatic heterocycles. The Labute approximate surface area is 182 Å². The zero-order valence-corrected chi connectivity index (χ0v) is 19.5. The third-order valence-corrected chi connectivity index (χ3v) is 6.81. The molecule has 2 aromatic rings. The third kappa shape index (κ3) is 7.59. The van der Waals surface area contributed by atoms with Gasteiger partial charge in [0, 0.05) is 5.39 Å². The summed E-state index contributed by atoms with van der Waals surface area (Å²) in [5, 5.41) is 1.72. The molecule has 0 amide bonds. The highest BCUT2D eigenvalue weighted by Gasteiger charge is 2.18. The molecule has 0 heterocycles. The lowest BCUT2D eigenvalue weighted by Gasteiger charge is -2.13. The number of benzene rings is 2. The number of hydrogen-bond acceptors (Lipinski definition) is 3. The number of fused-ring (bicyclic) bond motifs is 1. The van der Waals surface area contributed by atoms with Crippen LogP contribution >= 0.6 is 0 Å². The van der Waals surface area contributed by atoms with Crippen molar-refractivity contribution in [2.24, 2.45) is 0 Å². The Morgan fingerprint density at radius 3 is 1.87 bits per heavy atom. The summed E-state index contributed by atoms with van der Waals surface area (Å²) in [4.78, 5) is 0.0197. The molecule has 2 rings (SSSR count). The number of ether oxygens (including phenoxy) is 1. The van der Waals surface area contributed by atoms with Crippen LogP contribution in [-0.2, 0) is 16.5 Å². The summed E-state index contributed by atoms with van der Waals surface area (Å²) in [7, 11) is -2.64. The van der Waals surface area contributed by atoms with Gasteiger partial charge in [-0.25, -0.2) is 0 Å². The van der Waals surface area contributed by atoms with E-state index >= 15 is 0 Å². The lowest BCUT2D eigenvalue weighted by atomic mass is 9.98. The summed E-state index contributed by atoms with van der Waals surface area (Å²) in [5.41, 5.74) is 0.695. The molecule has 168 valence electrons. The number of rotatable bonds is 15. The number of hydrogen-bond donors (Lipinski definition) is 1. The standard InChI is InChI=1S/C25H38O4S/c1-3-4-5-6-7-8-9-10-11-12-13-14-16-23-21-17-15-18-24(29-2)22(21)19-20-25(23)30(26,27)28/h15,17-20H,3-14,16H2,1-2H3,(H,26,27,28). The van der Waals surface area contributed by atoms with E-state index in [1.165, 1.54) is 70.3 Å². The summed E-state index contributed by atoms with van der Waals surface area (Å²) in [6, 6.07) is 8.84. The second-order valence-corrected chi connectivity index (χ2v) is 9.60. The average Bonchev–Trinajstić information content (AvgIpc) is 2.73. The molecule has 0 saturated carbocycles. The van der Waals surface area contributed by atoms with Crippen LogP contribution in [0.5, 0.6) is 5.75 Å². The summed E-state index contributed by atoms with van der Waals surface area (Å²) >= 11 is 0. The maximum Gasteiger partial charge on any atom is 0.294 e. The normalized spacial score (nSPS) is 11.8. The molecule has 0 fully saturated rings. The van der Waals surface area contributed by atoms with Gasteiger partial charge in [-0.3, -0.25) is 4.55 Å². The van der Waals surface area contributed by atoms with Crippen LogP contribution < -0.4 is 4.74 Å². The maximum atomic E-state index is 11.9. The average molecular weight is 435 g/mol. The molecular weight excluding hydrogens is 396 g/mol. The lowest BCUT2D eigenvalue weighted by Crippen LogP contribution is -2.04. The minimum atomic E-state index is -4.25. The molecule has 4 nitrogen and oxygen atoms in total. The quantitative estimate of drug-likeness (QED) is 0.235. The van der Waals surface area contributed by atoms with Gasteiger partial charge in [-0.2, -0.15) is 8.42 Å².